The summed E-state index contributed by atoms with van der Waals surface area (Å²) in [7, 11) is 0. The van der Waals surface area contributed by atoms with Gasteiger partial charge in [-0.1, -0.05) is 0 Å². The second-order valence-corrected chi connectivity index (χ2v) is 4.99. The lowest BCUT2D eigenvalue weighted by Crippen LogP contribution is -2.12. The molecule has 3 rings (SSSR count). The quantitative estimate of drug-likeness (QED) is 0.754. The van der Waals surface area contributed by atoms with Crippen LogP contribution in [0.25, 0.3) is 10.9 Å². The molecule has 0 bridgehead atoms. The number of pyridine rings is 1. The van der Waals surface area contributed by atoms with Crippen LogP contribution in [-0.4, -0.2) is 15.5 Å². The Kier molecular flexibility index (Phi) is 3.77. The summed E-state index contributed by atoms with van der Waals surface area (Å²) in [5, 5.41) is 12.7. The van der Waals surface area contributed by atoms with Crippen molar-refractivity contribution >= 4 is 22.5 Å². The topological polar surface area (TPSA) is 70.7 Å². The molecule has 0 aliphatic heterocycles. The first-order valence-corrected chi connectivity index (χ1v) is 7.08. The second-order valence-electron chi connectivity index (χ2n) is 4.99. The first-order valence-electron chi connectivity index (χ1n) is 7.08. The van der Waals surface area contributed by atoms with E-state index in [-0.39, 0.29) is 5.56 Å². The average molecular weight is 308 g/mol. The van der Waals surface area contributed by atoms with E-state index < -0.39 is 11.9 Å². The number of nitriles is 1. The molecule has 1 amide bonds. The normalized spacial score (nSPS) is 10.5. The first kappa shape index (κ1) is 14.7. The molecule has 1 aromatic carbocycles. The number of aromatic nitrogens is 2. The lowest BCUT2D eigenvalue weighted by Gasteiger charge is -2.06. The molecule has 0 spiro atoms. The molecule has 3 aromatic rings. The Bertz CT molecular complexity index is 939. The zero-order chi connectivity index (χ0) is 16.4. The Morgan fingerprint density at radius 2 is 2.22 bits per heavy atom. The Balaban J connectivity index is 1.95. The van der Waals surface area contributed by atoms with Crippen molar-refractivity contribution in [1.29, 1.82) is 5.26 Å². The van der Waals surface area contributed by atoms with Crippen LogP contribution < -0.4 is 5.32 Å². The van der Waals surface area contributed by atoms with E-state index in [9.17, 15) is 14.4 Å². The summed E-state index contributed by atoms with van der Waals surface area (Å²) in [6.07, 6.45) is 3.02. The predicted octanol–water partition coefficient (Wildman–Crippen LogP) is 3.32. The van der Waals surface area contributed by atoms with E-state index >= 15 is 0 Å². The highest BCUT2D eigenvalue weighted by Gasteiger charge is 2.11. The van der Waals surface area contributed by atoms with Gasteiger partial charge in [0.25, 0.3) is 5.91 Å². The third-order valence-electron chi connectivity index (χ3n) is 3.59. The number of carbonyl (C=O) groups excluding carboxylic acids is 1. The molecule has 0 aliphatic rings. The highest BCUT2D eigenvalue weighted by atomic mass is 19.1. The summed E-state index contributed by atoms with van der Waals surface area (Å²) in [5.74, 6) is -1.14. The number of carbonyl (C=O) groups is 1. The van der Waals surface area contributed by atoms with E-state index in [1.807, 2.05) is 17.6 Å². The predicted molar refractivity (Wildman–Crippen MR) is 84.5 cm³/mol. The van der Waals surface area contributed by atoms with E-state index in [0.29, 0.717) is 11.3 Å². The number of halogens is 1. The Morgan fingerprint density at radius 3 is 2.91 bits per heavy atom. The van der Waals surface area contributed by atoms with Crippen LogP contribution in [0.15, 0.2) is 42.7 Å². The molecule has 0 aliphatic carbocycles. The van der Waals surface area contributed by atoms with Crippen molar-refractivity contribution in [2.75, 3.05) is 5.32 Å². The van der Waals surface area contributed by atoms with Crippen LogP contribution in [0.3, 0.4) is 0 Å². The number of nitrogens with one attached hydrogen (secondary N) is 1. The highest BCUT2D eigenvalue weighted by Crippen LogP contribution is 2.25. The van der Waals surface area contributed by atoms with Gasteiger partial charge in [0, 0.05) is 47.2 Å². The van der Waals surface area contributed by atoms with Gasteiger partial charge < -0.3 is 9.88 Å². The zero-order valence-corrected chi connectivity index (χ0v) is 12.4. The van der Waals surface area contributed by atoms with E-state index in [1.54, 1.807) is 18.3 Å². The molecule has 0 saturated heterocycles. The number of rotatable bonds is 3. The van der Waals surface area contributed by atoms with Gasteiger partial charge in [0.05, 0.1) is 5.56 Å². The van der Waals surface area contributed by atoms with Gasteiger partial charge in [0.2, 0.25) is 5.95 Å². The molecule has 6 heteroatoms. The van der Waals surface area contributed by atoms with E-state index in [1.165, 1.54) is 12.3 Å². The van der Waals surface area contributed by atoms with Crippen LogP contribution in [0.4, 0.5) is 10.1 Å². The second kappa shape index (κ2) is 5.89. The molecule has 0 radical (unpaired) electrons. The standard InChI is InChI=1S/C17H13FN4O/c1-2-22-10-12(9-19)14-8-13(3-4-15(14)22)21-17(23)11-5-6-20-16(18)7-11/h3-8,10H,2H2,1H3,(H,21,23). The molecule has 0 saturated carbocycles. The Labute approximate surface area is 132 Å². The minimum atomic E-state index is -0.708. The molecule has 2 aromatic heterocycles. The Hall–Kier alpha value is -3.20. The van der Waals surface area contributed by atoms with E-state index in [2.05, 4.69) is 16.4 Å². The molecule has 0 atom stereocenters. The molecule has 114 valence electrons. The van der Waals surface area contributed by atoms with Gasteiger partial charge in [0.15, 0.2) is 0 Å². The lowest BCUT2D eigenvalue weighted by atomic mass is 10.1. The van der Waals surface area contributed by atoms with Crippen LogP contribution in [0, 0.1) is 17.3 Å². The number of nitrogens with zero attached hydrogens (tertiary/aromatic N) is 3. The van der Waals surface area contributed by atoms with Gasteiger partial charge in [-0.05, 0) is 31.2 Å². The monoisotopic (exact) mass is 308 g/mol. The van der Waals surface area contributed by atoms with Gasteiger partial charge in [-0.15, -0.1) is 0 Å². The third kappa shape index (κ3) is 2.77. The summed E-state index contributed by atoms with van der Waals surface area (Å²) < 4.78 is 15.1. The summed E-state index contributed by atoms with van der Waals surface area (Å²) in [5.41, 5.74) is 2.21. The fraction of sp³-hybridized carbons (Fsp3) is 0.118. The number of hydrogen-bond acceptors (Lipinski definition) is 3. The smallest absolute Gasteiger partial charge is 0.255 e. The fourth-order valence-electron chi connectivity index (χ4n) is 2.47. The number of aryl methyl sites for hydroxylation is 1. The van der Waals surface area contributed by atoms with Crippen molar-refractivity contribution in [3.63, 3.8) is 0 Å². The summed E-state index contributed by atoms with van der Waals surface area (Å²) in [6, 6.07) is 10.0. The van der Waals surface area contributed by atoms with E-state index in [4.69, 9.17) is 0 Å². The van der Waals surface area contributed by atoms with Crippen LogP contribution >= 0.6 is 0 Å². The zero-order valence-electron chi connectivity index (χ0n) is 12.4. The maximum absolute atomic E-state index is 13.1. The van der Waals surface area contributed by atoms with Crippen LogP contribution in [0.1, 0.15) is 22.8 Å². The van der Waals surface area contributed by atoms with Crippen molar-refractivity contribution in [3.8, 4) is 6.07 Å². The van der Waals surface area contributed by atoms with Crippen LogP contribution in [0.5, 0.6) is 0 Å². The number of anilines is 1. The Morgan fingerprint density at radius 1 is 1.39 bits per heavy atom. The first-order chi connectivity index (χ1) is 11.1. The van der Waals surface area contributed by atoms with Gasteiger partial charge in [-0.3, -0.25) is 4.79 Å². The highest BCUT2D eigenvalue weighted by molar-refractivity contribution is 6.05. The maximum Gasteiger partial charge on any atom is 0.255 e. The van der Waals surface area contributed by atoms with Crippen LogP contribution in [-0.2, 0) is 6.54 Å². The van der Waals surface area contributed by atoms with Crippen molar-refractivity contribution in [2.24, 2.45) is 0 Å². The summed E-state index contributed by atoms with van der Waals surface area (Å²) >= 11 is 0. The minimum absolute atomic E-state index is 0.184. The molecule has 5 nitrogen and oxygen atoms in total. The van der Waals surface area contributed by atoms with Gasteiger partial charge in [0.1, 0.15) is 6.07 Å². The fourth-order valence-corrected chi connectivity index (χ4v) is 2.47. The van der Waals surface area contributed by atoms with Crippen molar-refractivity contribution in [2.45, 2.75) is 13.5 Å². The molecular weight excluding hydrogens is 295 g/mol. The van der Waals surface area contributed by atoms with Gasteiger partial charge >= 0.3 is 0 Å². The number of hydrogen-bond donors (Lipinski definition) is 1. The molecule has 1 N–H and O–H groups in total. The molecular formula is C17H13FN4O. The minimum Gasteiger partial charge on any atom is -0.346 e. The molecule has 23 heavy (non-hydrogen) atoms. The van der Waals surface area contributed by atoms with Crippen molar-refractivity contribution in [1.82, 2.24) is 9.55 Å². The average Bonchev–Trinajstić information content (AvgIpc) is 2.92. The maximum atomic E-state index is 13.1. The number of amides is 1. The summed E-state index contributed by atoms with van der Waals surface area (Å²) in [6.45, 7) is 2.74. The third-order valence-corrected chi connectivity index (χ3v) is 3.59. The number of fused-ring (bicyclic) bond motifs is 1. The van der Waals surface area contributed by atoms with Crippen LogP contribution in [0.2, 0.25) is 0 Å². The van der Waals surface area contributed by atoms with Crippen molar-refractivity contribution < 1.29 is 9.18 Å². The van der Waals surface area contributed by atoms with Gasteiger partial charge in [-0.2, -0.15) is 9.65 Å². The molecule has 0 fully saturated rings. The lowest BCUT2D eigenvalue weighted by molar-refractivity contribution is 0.102. The summed E-state index contributed by atoms with van der Waals surface area (Å²) in [4.78, 5) is 15.6. The largest absolute Gasteiger partial charge is 0.346 e. The SMILES string of the molecule is CCn1cc(C#N)c2cc(NC(=O)c3ccnc(F)c3)ccc21. The van der Waals surface area contributed by atoms with Crippen molar-refractivity contribution in [3.05, 3.63) is 59.8 Å². The number of benzene rings is 1. The molecule has 2 heterocycles. The van der Waals surface area contributed by atoms with Gasteiger partial charge in [-0.25, -0.2) is 4.98 Å². The molecule has 0 unspecified atom stereocenters. The van der Waals surface area contributed by atoms with E-state index in [0.717, 1.165) is 23.5 Å².